The molecule has 0 aliphatic carbocycles. The van der Waals surface area contributed by atoms with Crippen molar-refractivity contribution in [2.24, 2.45) is 5.73 Å². The van der Waals surface area contributed by atoms with E-state index in [1.165, 1.54) is 5.56 Å². The largest absolute Gasteiger partial charge is 0.485 e. The fourth-order valence-electron chi connectivity index (χ4n) is 1.69. The van der Waals surface area contributed by atoms with Crippen molar-refractivity contribution in [3.05, 3.63) is 41.5 Å². The average Bonchev–Trinajstić information content (AvgIpc) is 2.81. The van der Waals surface area contributed by atoms with Gasteiger partial charge in [0.25, 0.3) is 0 Å². The molecule has 5 heteroatoms. The maximum Gasteiger partial charge on any atom is 0.223 e. The van der Waals surface area contributed by atoms with Crippen LogP contribution < -0.4 is 10.5 Å². The van der Waals surface area contributed by atoms with Crippen LogP contribution in [0.4, 0.5) is 0 Å². The first-order chi connectivity index (χ1) is 9.13. The zero-order valence-corrected chi connectivity index (χ0v) is 11.3. The van der Waals surface area contributed by atoms with E-state index < -0.39 is 0 Å². The molecule has 1 aromatic heterocycles. The summed E-state index contributed by atoms with van der Waals surface area (Å²) in [5.41, 5.74) is 7.00. The molecule has 0 bridgehead atoms. The van der Waals surface area contributed by atoms with Gasteiger partial charge in [-0.05, 0) is 37.5 Å². The molecule has 2 rings (SSSR count). The Bertz CT molecular complexity index is 506. The average molecular weight is 261 g/mol. The normalized spacial score (nSPS) is 12.4. The van der Waals surface area contributed by atoms with Crippen LogP contribution in [0.2, 0.25) is 0 Å². The van der Waals surface area contributed by atoms with Crippen molar-refractivity contribution in [2.75, 3.05) is 0 Å². The van der Waals surface area contributed by atoms with Crippen molar-refractivity contribution in [1.29, 1.82) is 0 Å². The van der Waals surface area contributed by atoms with Crippen LogP contribution >= 0.6 is 0 Å². The molecule has 0 fully saturated rings. The summed E-state index contributed by atoms with van der Waals surface area (Å²) in [7, 11) is 0. The minimum atomic E-state index is 0.234. The number of nitrogens with zero attached hydrogens (tertiary/aromatic N) is 2. The van der Waals surface area contributed by atoms with Crippen molar-refractivity contribution in [3.8, 4) is 5.75 Å². The van der Waals surface area contributed by atoms with E-state index in [0.29, 0.717) is 18.3 Å². The van der Waals surface area contributed by atoms with Crippen LogP contribution in [0, 0.1) is 6.92 Å². The second-order valence-corrected chi connectivity index (χ2v) is 4.68. The van der Waals surface area contributed by atoms with E-state index in [9.17, 15) is 0 Å². The fraction of sp³-hybridized carbons (Fsp3) is 0.429. The monoisotopic (exact) mass is 261 g/mol. The lowest BCUT2D eigenvalue weighted by molar-refractivity contribution is 0.285. The lowest BCUT2D eigenvalue weighted by atomic mass is 10.1. The molecule has 0 aliphatic rings. The van der Waals surface area contributed by atoms with Gasteiger partial charge in [0.1, 0.15) is 5.75 Å². The van der Waals surface area contributed by atoms with E-state index in [0.717, 1.165) is 18.6 Å². The zero-order valence-electron chi connectivity index (χ0n) is 11.3. The number of benzene rings is 1. The molecule has 2 aromatic rings. The van der Waals surface area contributed by atoms with Crippen molar-refractivity contribution in [1.82, 2.24) is 10.1 Å². The van der Waals surface area contributed by atoms with Crippen molar-refractivity contribution in [3.63, 3.8) is 0 Å². The van der Waals surface area contributed by atoms with Gasteiger partial charge in [0.15, 0.2) is 6.61 Å². The molecule has 0 saturated heterocycles. The summed E-state index contributed by atoms with van der Waals surface area (Å²) in [6, 6.07) is 8.24. The zero-order chi connectivity index (χ0) is 13.7. The summed E-state index contributed by atoms with van der Waals surface area (Å²) in [5.74, 6) is 1.90. The Morgan fingerprint density at radius 2 is 2.05 bits per heavy atom. The molecule has 1 aromatic carbocycles. The third kappa shape index (κ3) is 4.37. The Hall–Kier alpha value is -1.88. The molecule has 5 nitrogen and oxygen atoms in total. The number of ether oxygens (including phenoxy) is 1. The van der Waals surface area contributed by atoms with Crippen LogP contribution in [0.5, 0.6) is 5.75 Å². The first-order valence-electron chi connectivity index (χ1n) is 6.40. The Labute approximate surface area is 112 Å². The molecule has 2 N–H and O–H groups in total. The number of rotatable bonds is 6. The summed E-state index contributed by atoms with van der Waals surface area (Å²) < 4.78 is 10.4. The van der Waals surface area contributed by atoms with Crippen LogP contribution in [0.3, 0.4) is 0 Å². The molecule has 0 spiro atoms. The highest BCUT2D eigenvalue weighted by molar-refractivity contribution is 5.27. The first-order valence-corrected chi connectivity index (χ1v) is 6.40. The standard InChI is InChI=1S/C14H19N3O2/c1-10(15)3-4-12-5-7-13(8-6-12)18-9-14-16-11(2)19-17-14/h5-8,10H,3-4,9,15H2,1-2H3. The van der Waals surface area contributed by atoms with Gasteiger partial charge in [-0.3, -0.25) is 0 Å². The van der Waals surface area contributed by atoms with Crippen LogP contribution in [-0.2, 0) is 13.0 Å². The van der Waals surface area contributed by atoms with Crippen LogP contribution in [-0.4, -0.2) is 16.2 Å². The van der Waals surface area contributed by atoms with Gasteiger partial charge < -0.3 is 15.0 Å². The van der Waals surface area contributed by atoms with Crippen molar-refractivity contribution in [2.45, 2.75) is 39.3 Å². The summed E-state index contributed by atoms with van der Waals surface area (Å²) in [4.78, 5) is 4.08. The summed E-state index contributed by atoms with van der Waals surface area (Å²) in [5, 5.41) is 3.77. The van der Waals surface area contributed by atoms with Gasteiger partial charge in [0.05, 0.1) is 0 Å². The van der Waals surface area contributed by atoms with E-state index >= 15 is 0 Å². The van der Waals surface area contributed by atoms with Gasteiger partial charge >= 0.3 is 0 Å². The van der Waals surface area contributed by atoms with Gasteiger partial charge in [-0.2, -0.15) is 4.98 Å². The predicted molar refractivity (Wildman–Crippen MR) is 71.8 cm³/mol. The predicted octanol–water partition coefficient (Wildman–Crippen LogP) is 2.24. The SMILES string of the molecule is Cc1nc(COc2ccc(CCC(C)N)cc2)no1. The molecule has 1 heterocycles. The van der Waals surface area contributed by atoms with Gasteiger partial charge in [-0.1, -0.05) is 17.3 Å². The highest BCUT2D eigenvalue weighted by Crippen LogP contribution is 2.15. The lowest BCUT2D eigenvalue weighted by Crippen LogP contribution is -2.15. The smallest absolute Gasteiger partial charge is 0.223 e. The van der Waals surface area contributed by atoms with E-state index in [1.807, 2.05) is 19.1 Å². The Morgan fingerprint density at radius 1 is 1.32 bits per heavy atom. The van der Waals surface area contributed by atoms with Gasteiger partial charge in [0.2, 0.25) is 11.7 Å². The highest BCUT2D eigenvalue weighted by atomic mass is 16.5. The maximum atomic E-state index is 5.74. The minimum Gasteiger partial charge on any atom is -0.485 e. The molecule has 0 amide bonds. The summed E-state index contributed by atoms with van der Waals surface area (Å²) in [6.45, 7) is 4.09. The topological polar surface area (TPSA) is 74.2 Å². The summed E-state index contributed by atoms with van der Waals surface area (Å²) >= 11 is 0. The molecule has 19 heavy (non-hydrogen) atoms. The van der Waals surface area contributed by atoms with E-state index in [-0.39, 0.29) is 6.04 Å². The van der Waals surface area contributed by atoms with Gasteiger partial charge in [0, 0.05) is 13.0 Å². The second kappa shape index (κ2) is 6.33. The third-order valence-corrected chi connectivity index (χ3v) is 2.75. The molecule has 0 radical (unpaired) electrons. The maximum absolute atomic E-state index is 5.74. The van der Waals surface area contributed by atoms with Gasteiger partial charge in [-0.25, -0.2) is 0 Å². The minimum absolute atomic E-state index is 0.234. The number of hydrogen-bond acceptors (Lipinski definition) is 5. The Balaban J connectivity index is 1.84. The van der Waals surface area contributed by atoms with Crippen molar-refractivity contribution < 1.29 is 9.26 Å². The number of hydrogen-bond donors (Lipinski definition) is 1. The number of nitrogens with two attached hydrogens (primary N) is 1. The molecule has 0 saturated carbocycles. The lowest BCUT2D eigenvalue weighted by Gasteiger charge is -2.07. The third-order valence-electron chi connectivity index (χ3n) is 2.75. The van der Waals surface area contributed by atoms with Crippen LogP contribution in [0.15, 0.2) is 28.8 Å². The summed E-state index contributed by atoms with van der Waals surface area (Å²) in [6.07, 6.45) is 1.98. The quantitative estimate of drug-likeness (QED) is 0.863. The fourth-order valence-corrected chi connectivity index (χ4v) is 1.69. The molecular weight excluding hydrogens is 242 g/mol. The molecule has 1 unspecified atom stereocenters. The van der Waals surface area contributed by atoms with Crippen LogP contribution in [0.1, 0.15) is 30.6 Å². The molecule has 102 valence electrons. The number of aryl methyl sites for hydroxylation is 2. The van der Waals surface area contributed by atoms with E-state index in [2.05, 4.69) is 22.3 Å². The Kier molecular flexibility index (Phi) is 4.52. The van der Waals surface area contributed by atoms with E-state index in [1.54, 1.807) is 6.92 Å². The second-order valence-electron chi connectivity index (χ2n) is 4.68. The van der Waals surface area contributed by atoms with Crippen LogP contribution in [0.25, 0.3) is 0 Å². The number of aromatic nitrogens is 2. The highest BCUT2D eigenvalue weighted by Gasteiger charge is 2.03. The van der Waals surface area contributed by atoms with Gasteiger partial charge in [-0.15, -0.1) is 0 Å². The Morgan fingerprint density at radius 3 is 2.63 bits per heavy atom. The molecule has 1 atom stereocenters. The molecular formula is C14H19N3O2. The first kappa shape index (κ1) is 13.5. The van der Waals surface area contributed by atoms with E-state index in [4.69, 9.17) is 15.0 Å². The van der Waals surface area contributed by atoms with Crippen molar-refractivity contribution >= 4 is 0 Å². The molecule has 0 aliphatic heterocycles.